The Morgan fingerprint density at radius 1 is 1.69 bits per heavy atom. The van der Waals surface area contributed by atoms with Crippen molar-refractivity contribution < 1.29 is 0 Å². The van der Waals surface area contributed by atoms with Crippen LogP contribution in [0, 0.1) is 0 Å². The first-order chi connectivity index (χ1) is 6.29. The first-order valence-electron chi connectivity index (χ1n) is 4.46. The van der Waals surface area contributed by atoms with Crippen molar-refractivity contribution in [1.82, 2.24) is 9.36 Å². The molecular formula is C8H12ClN3S. The van der Waals surface area contributed by atoms with E-state index in [0.29, 0.717) is 6.04 Å². The summed E-state index contributed by atoms with van der Waals surface area (Å²) in [7, 11) is 0. The lowest BCUT2D eigenvalue weighted by molar-refractivity contribution is 0.491. The molecule has 0 spiro atoms. The number of rotatable bonds is 1. The molecule has 72 valence electrons. The predicted octanol–water partition coefficient (Wildman–Crippen LogP) is 2.13. The fourth-order valence-electron chi connectivity index (χ4n) is 1.66. The number of halogens is 1. The first kappa shape index (κ1) is 9.21. The van der Waals surface area contributed by atoms with Gasteiger partial charge in [-0.15, -0.1) is 11.6 Å². The van der Waals surface area contributed by atoms with E-state index in [4.69, 9.17) is 11.6 Å². The minimum absolute atomic E-state index is 0.248. The number of hydrogen-bond donors (Lipinski definition) is 0. The zero-order valence-electron chi connectivity index (χ0n) is 7.48. The van der Waals surface area contributed by atoms with Crippen LogP contribution in [-0.2, 0) is 0 Å². The van der Waals surface area contributed by atoms with Crippen LogP contribution in [-0.4, -0.2) is 27.3 Å². The van der Waals surface area contributed by atoms with Crippen molar-refractivity contribution in [3.8, 4) is 0 Å². The molecule has 13 heavy (non-hydrogen) atoms. The normalized spacial score (nSPS) is 29.2. The van der Waals surface area contributed by atoms with E-state index >= 15 is 0 Å². The zero-order chi connectivity index (χ0) is 9.26. The molecule has 1 aromatic heterocycles. The van der Waals surface area contributed by atoms with Gasteiger partial charge < -0.3 is 4.90 Å². The molecule has 1 saturated heterocycles. The van der Waals surface area contributed by atoms with Gasteiger partial charge in [0.25, 0.3) is 0 Å². The second kappa shape index (κ2) is 3.80. The van der Waals surface area contributed by atoms with Crippen LogP contribution in [0.3, 0.4) is 0 Å². The van der Waals surface area contributed by atoms with Gasteiger partial charge >= 0.3 is 0 Å². The number of alkyl halides is 1. The van der Waals surface area contributed by atoms with E-state index < -0.39 is 0 Å². The second-order valence-corrected chi connectivity index (χ2v) is 4.64. The average Bonchev–Trinajstić information content (AvgIpc) is 2.62. The summed E-state index contributed by atoms with van der Waals surface area (Å²) in [6.07, 6.45) is 3.86. The van der Waals surface area contributed by atoms with E-state index in [1.807, 2.05) is 0 Å². The van der Waals surface area contributed by atoms with E-state index in [1.165, 1.54) is 11.5 Å². The fraction of sp³-hybridized carbons (Fsp3) is 0.750. The SMILES string of the molecule is CC1C(Cl)CCCN1c1ncns1. The summed E-state index contributed by atoms with van der Waals surface area (Å²) < 4.78 is 4.00. The fourth-order valence-corrected chi connectivity index (χ4v) is 2.60. The average molecular weight is 218 g/mol. The van der Waals surface area contributed by atoms with Crippen molar-refractivity contribution in [1.29, 1.82) is 0 Å². The highest BCUT2D eigenvalue weighted by atomic mass is 35.5. The van der Waals surface area contributed by atoms with Gasteiger partial charge in [0.05, 0.1) is 5.38 Å². The van der Waals surface area contributed by atoms with Crippen LogP contribution in [0.15, 0.2) is 6.33 Å². The van der Waals surface area contributed by atoms with Crippen LogP contribution < -0.4 is 4.90 Å². The highest BCUT2D eigenvalue weighted by Crippen LogP contribution is 2.27. The molecule has 0 saturated carbocycles. The Morgan fingerprint density at radius 3 is 3.23 bits per heavy atom. The molecule has 2 atom stereocenters. The van der Waals surface area contributed by atoms with Crippen LogP contribution in [0.2, 0.25) is 0 Å². The van der Waals surface area contributed by atoms with Crippen LogP contribution in [0.5, 0.6) is 0 Å². The summed E-state index contributed by atoms with van der Waals surface area (Å²) >= 11 is 7.63. The van der Waals surface area contributed by atoms with Gasteiger partial charge in [0.1, 0.15) is 6.33 Å². The maximum absolute atomic E-state index is 6.19. The third-order valence-electron chi connectivity index (χ3n) is 2.49. The molecule has 0 radical (unpaired) electrons. The summed E-state index contributed by atoms with van der Waals surface area (Å²) in [4.78, 5) is 6.45. The maximum atomic E-state index is 6.19. The number of nitrogens with zero attached hydrogens (tertiary/aromatic N) is 3. The van der Waals surface area contributed by atoms with Gasteiger partial charge in [-0.25, -0.2) is 4.98 Å². The third kappa shape index (κ3) is 1.79. The molecule has 1 fully saturated rings. The molecule has 3 nitrogen and oxygen atoms in total. The van der Waals surface area contributed by atoms with E-state index in [2.05, 4.69) is 21.2 Å². The Balaban J connectivity index is 2.14. The Labute approximate surface area is 86.9 Å². The molecule has 2 heterocycles. The third-order valence-corrected chi connectivity index (χ3v) is 3.78. The summed E-state index contributed by atoms with van der Waals surface area (Å²) in [5, 5.41) is 1.25. The largest absolute Gasteiger partial charge is 0.343 e. The first-order valence-corrected chi connectivity index (χ1v) is 5.67. The Hall–Kier alpha value is -0.350. The topological polar surface area (TPSA) is 29.0 Å². The van der Waals surface area contributed by atoms with E-state index in [0.717, 1.165) is 24.5 Å². The van der Waals surface area contributed by atoms with Crippen LogP contribution >= 0.6 is 23.1 Å². The lowest BCUT2D eigenvalue weighted by Gasteiger charge is -2.36. The maximum Gasteiger partial charge on any atom is 0.205 e. The second-order valence-electron chi connectivity index (χ2n) is 3.32. The van der Waals surface area contributed by atoms with Gasteiger partial charge in [0, 0.05) is 24.1 Å². The molecular weight excluding hydrogens is 206 g/mol. The van der Waals surface area contributed by atoms with Gasteiger partial charge in [-0.05, 0) is 19.8 Å². The van der Waals surface area contributed by atoms with Crippen LogP contribution in [0.25, 0.3) is 0 Å². The number of anilines is 1. The molecule has 1 aromatic rings. The zero-order valence-corrected chi connectivity index (χ0v) is 9.05. The van der Waals surface area contributed by atoms with Gasteiger partial charge in [-0.3, -0.25) is 0 Å². The molecule has 1 aliphatic rings. The van der Waals surface area contributed by atoms with Crippen molar-refractivity contribution in [2.24, 2.45) is 0 Å². The molecule has 0 N–H and O–H groups in total. The van der Waals surface area contributed by atoms with Crippen molar-refractivity contribution in [2.75, 3.05) is 11.4 Å². The molecule has 5 heteroatoms. The summed E-state index contributed by atoms with van der Waals surface area (Å²) in [5.41, 5.74) is 0. The summed E-state index contributed by atoms with van der Waals surface area (Å²) in [6.45, 7) is 3.21. The van der Waals surface area contributed by atoms with Gasteiger partial charge in [0.2, 0.25) is 5.13 Å². The standard InChI is InChI=1S/C8H12ClN3S/c1-6-7(9)3-2-4-12(6)8-10-5-11-13-8/h5-7H,2-4H2,1H3. The Bertz CT molecular complexity index is 264. The van der Waals surface area contributed by atoms with Crippen LogP contribution in [0.4, 0.5) is 5.13 Å². The lowest BCUT2D eigenvalue weighted by Crippen LogP contribution is -2.44. The number of hydrogen-bond acceptors (Lipinski definition) is 4. The Morgan fingerprint density at radius 2 is 2.54 bits per heavy atom. The van der Waals surface area contributed by atoms with Crippen molar-refractivity contribution in [3.05, 3.63) is 6.33 Å². The molecule has 0 aromatic carbocycles. The smallest absolute Gasteiger partial charge is 0.205 e. The minimum atomic E-state index is 0.248. The van der Waals surface area contributed by atoms with Crippen molar-refractivity contribution in [3.63, 3.8) is 0 Å². The number of aromatic nitrogens is 2. The monoisotopic (exact) mass is 217 g/mol. The molecule has 1 aliphatic heterocycles. The van der Waals surface area contributed by atoms with E-state index in [9.17, 15) is 0 Å². The minimum Gasteiger partial charge on any atom is -0.343 e. The lowest BCUT2D eigenvalue weighted by atomic mass is 10.0. The van der Waals surface area contributed by atoms with Gasteiger partial charge in [-0.2, -0.15) is 4.37 Å². The van der Waals surface area contributed by atoms with E-state index in [-0.39, 0.29) is 5.38 Å². The Kier molecular flexibility index (Phi) is 2.69. The molecule has 2 unspecified atom stereocenters. The van der Waals surface area contributed by atoms with Crippen molar-refractivity contribution >= 4 is 28.3 Å². The highest BCUT2D eigenvalue weighted by molar-refractivity contribution is 7.09. The summed E-state index contributed by atoms with van der Waals surface area (Å²) in [6, 6.07) is 0.378. The molecule has 0 bridgehead atoms. The molecule has 0 aliphatic carbocycles. The highest BCUT2D eigenvalue weighted by Gasteiger charge is 2.27. The van der Waals surface area contributed by atoms with Gasteiger partial charge in [0.15, 0.2) is 0 Å². The van der Waals surface area contributed by atoms with Crippen LogP contribution in [0.1, 0.15) is 19.8 Å². The van der Waals surface area contributed by atoms with E-state index in [1.54, 1.807) is 6.33 Å². The molecule has 0 amide bonds. The number of piperidine rings is 1. The quantitative estimate of drug-likeness (QED) is 0.675. The van der Waals surface area contributed by atoms with Gasteiger partial charge in [-0.1, -0.05) is 0 Å². The molecule has 2 rings (SSSR count). The van der Waals surface area contributed by atoms with Crippen molar-refractivity contribution in [2.45, 2.75) is 31.2 Å². The predicted molar refractivity (Wildman–Crippen MR) is 55.6 cm³/mol. The summed E-state index contributed by atoms with van der Waals surface area (Å²) in [5.74, 6) is 0.